The van der Waals surface area contributed by atoms with Crippen molar-refractivity contribution in [2.75, 3.05) is 0 Å². The fourth-order valence-electron chi connectivity index (χ4n) is 0.648. The first kappa shape index (κ1) is 6.74. The van der Waals surface area contributed by atoms with Gasteiger partial charge in [0.2, 0.25) is 5.69 Å². The average molecular weight is 136 g/mol. The first-order valence-electron chi connectivity index (χ1n) is 2.91. The molecule has 1 aromatic heterocycles. The van der Waals surface area contributed by atoms with Crippen LogP contribution >= 0.6 is 0 Å². The van der Waals surface area contributed by atoms with Crippen molar-refractivity contribution in [2.45, 2.75) is 6.92 Å². The van der Waals surface area contributed by atoms with Crippen molar-refractivity contribution in [3.8, 4) is 0 Å². The molecule has 0 aliphatic carbocycles. The van der Waals surface area contributed by atoms with E-state index in [1.165, 1.54) is 18.6 Å². The second kappa shape index (κ2) is 2.47. The number of allylic oxidation sites excluding steroid dienone is 1. The molecule has 10 heavy (non-hydrogen) atoms. The van der Waals surface area contributed by atoms with E-state index < -0.39 is 0 Å². The smallest absolute Gasteiger partial charge is 0.237 e. The Hall–Kier alpha value is -1.38. The van der Waals surface area contributed by atoms with Gasteiger partial charge in [-0.2, -0.15) is 4.73 Å². The maximum Gasteiger partial charge on any atom is 0.237 e. The number of rotatable bonds is 1. The van der Waals surface area contributed by atoms with Crippen LogP contribution in [0.3, 0.4) is 0 Å². The van der Waals surface area contributed by atoms with Crippen LogP contribution < -0.4 is 4.73 Å². The third-order valence-corrected chi connectivity index (χ3v) is 1.16. The molecule has 0 N–H and O–H groups in total. The number of nitrogens with zero attached hydrogens (tertiary/aromatic N) is 2. The van der Waals surface area contributed by atoms with Crippen LogP contribution in [0.25, 0.3) is 5.57 Å². The highest BCUT2D eigenvalue weighted by atomic mass is 16.5. The van der Waals surface area contributed by atoms with Crippen molar-refractivity contribution < 1.29 is 4.73 Å². The molecule has 0 spiro atoms. The molecule has 0 saturated heterocycles. The first-order valence-corrected chi connectivity index (χ1v) is 2.91. The fourth-order valence-corrected chi connectivity index (χ4v) is 0.648. The maximum atomic E-state index is 10.9. The van der Waals surface area contributed by atoms with E-state index in [2.05, 4.69) is 11.6 Å². The normalized spacial score (nSPS) is 9.30. The molecular weight excluding hydrogens is 128 g/mol. The lowest BCUT2D eigenvalue weighted by Gasteiger charge is -1.99. The number of hydrogen-bond donors (Lipinski definition) is 0. The van der Waals surface area contributed by atoms with Gasteiger partial charge in [-0.25, -0.2) is 0 Å². The van der Waals surface area contributed by atoms with Gasteiger partial charge >= 0.3 is 0 Å². The molecule has 0 radical (unpaired) electrons. The lowest BCUT2D eigenvalue weighted by atomic mass is 10.3. The van der Waals surface area contributed by atoms with E-state index in [0.29, 0.717) is 5.69 Å². The second-order valence-electron chi connectivity index (χ2n) is 2.07. The molecule has 0 aromatic carbocycles. The van der Waals surface area contributed by atoms with Crippen molar-refractivity contribution in [1.29, 1.82) is 0 Å². The molecule has 0 bridgehead atoms. The third-order valence-electron chi connectivity index (χ3n) is 1.16. The monoisotopic (exact) mass is 136 g/mol. The van der Waals surface area contributed by atoms with Crippen LogP contribution in [-0.2, 0) is 0 Å². The molecule has 0 aliphatic heterocycles. The molecule has 0 saturated carbocycles. The van der Waals surface area contributed by atoms with Gasteiger partial charge in [-0.05, 0) is 6.92 Å². The highest BCUT2D eigenvalue weighted by Crippen LogP contribution is 2.01. The summed E-state index contributed by atoms with van der Waals surface area (Å²) in [4.78, 5) is 3.79. The van der Waals surface area contributed by atoms with Crippen LogP contribution in [0.1, 0.15) is 12.6 Å². The van der Waals surface area contributed by atoms with Crippen LogP contribution in [0.5, 0.6) is 0 Å². The van der Waals surface area contributed by atoms with E-state index in [1.54, 1.807) is 6.92 Å². The molecule has 0 amide bonds. The zero-order chi connectivity index (χ0) is 7.56. The van der Waals surface area contributed by atoms with Crippen LogP contribution in [-0.4, -0.2) is 4.98 Å². The van der Waals surface area contributed by atoms with Crippen molar-refractivity contribution in [3.05, 3.63) is 36.1 Å². The predicted octanol–water partition coefficient (Wildman–Crippen LogP) is 0.748. The van der Waals surface area contributed by atoms with E-state index in [1.807, 2.05) is 0 Å². The van der Waals surface area contributed by atoms with Crippen LogP contribution in [0.4, 0.5) is 0 Å². The molecule has 1 rings (SSSR count). The first-order chi connectivity index (χ1) is 4.72. The summed E-state index contributed by atoms with van der Waals surface area (Å²) in [7, 11) is 0. The standard InChI is InChI=1S/C7H8N2O/c1-6(2)7-5-8-3-4-9(7)10/h3-5H,1H2,2H3. The zero-order valence-electron chi connectivity index (χ0n) is 5.74. The van der Waals surface area contributed by atoms with Gasteiger partial charge in [0.15, 0.2) is 6.20 Å². The van der Waals surface area contributed by atoms with Gasteiger partial charge in [0.25, 0.3) is 0 Å². The summed E-state index contributed by atoms with van der Waals surface area (Å²) < 4.78 is 0.745. The van der Waals surface area contributed by atoms with Gasteiger partial charge in [-0.1, -0.05) is 6.58 Å². The highest BCUT2D eigenvalue weighted by molar-refractivity contribution is 5.54. The van der Waals surface area contributed by atoms with Crippen molar-refractivity contribution in [1.82, 2.24) is 4.98 Å². The molecule has 1 aromatic rings. The lowest BCUT2D eigenvalue weighted by Crippen LogP contribution is -2.30. The Morgan fingerprint density at radius 1 is 1.80 bits per heavy atom. The SMILES string of the molecule is C=C(C)c1cncc[n+]1[O-]. The molecular formula is C7H8N2O. The third kappa shape index (κ3) is 1.13. The summed E-state index contributed by atoms with van der Waals surface area (Å²) in [6.45, 7) is 5.39. The van der Waals surface area contributed by atoms with Crippen molar-refractivity contribution in [3.63, 3.8) is 0 Å². The summed E-state index contributed by atoms with van der Waals surface area (Å²) in [6, 6.07) is 0. The minimum atomic E-state index is 0.516. The maximum absolute atomic E-state index is 10.9. The van der Waals surface area contributed by atoms with Crippen LogP contribution in [0, 0.1) is 5.21 Å². The van der Waals surface area contributed by atoms with Gasteiger partial charge in [-0.15, -0.1) is 0 Å². The van der Waals surface area contributed by atoms with Gasteiger partial charge in [-0.3, -0.25) is 4.98 Å². The fraction of sp³-hybridized carbons (Fsp3) is 0.143. The van der Waals surface area contributed by atoms with Gasteiger partial charge in [0.1, 0.15) is 6.20 Å². The Kier molecular flexibility index (Phi) is 1.67. The van der Waals surface area contributed by atoms with E-state index in [4.69, 9.17) is 0 Å². The van der Waals surface area contributed by atoms with Gasteiger partial charge in [0, 0.05) is 5.57 Å². The van der Waals surface area contributed by atoms with Gasteiger partial charge in [0.05, 0.1) is 6.20 Å². The quantitative estimate of drug-likeness (QED) is 0.422. The Morgan fingerprint density at radius 3 is 2.90 bits per heavy atom. The van der Waals surface area contributed by atoms with Gasteiger partial charge < -0.3 is 5.21 Å². The Bertz CT molecular complexity index is 258. The van der Waals surface area contributed by atoms with E-state index in [9.17, 15) is 5.21 Å². The Morgan fingerprint density at radius 2 is 2.50 bits per heavy atom. The van der Waals surface area contributed by atoms with E-state index >= 15 is 0 Å². The van der Waals surface area contributed by atoms with E-state index in [0.717, 1.165) is 10.3 Å². The summed E-state index contributed by atoms with van der Waals surface area (Å²) in [5.74, 6) is 0. The topological polar surface area (TPSA) is 39.8 Å². The Balaban J connectivity index is 3.15. The summed E-state index contributed by atoms with van der Waals surface area (Å²) in [5, 5.41) is 10.9. The number of hydrogen-bond acceptors (Lipinski definition) is 2. The minimum absolute atomic E-state index is 0.516. The molecule has 3 heteroatoms. The van der Waals surface area contributed by atoms with Crippen molar-refractivity contribution in [2.24, 2.45) is 0 Å². The molecule has 3 nitrogen and oxygen atoms in total. The average Bonchev–Trinajstić information content (AvgIpc) is 1.88. The Labute approximate surface area is 59.2 Å². The second-order valence-corrected chi connectivity index (χ2v) is 2.07. The lowest BCUT2D eigenvalue weighted by molar-refractivity contribution is -0.608. The van der Waals surface area contributed by atoms with E-state index in [-0.39, 0.29) is 0 Å². The zero-order valence-corrected chi connectivity index (χ0v) is 5.74. The summed E-state index contributed by atoms with van der Waals surface area (Å²) in [6.07, 6.45) is 4.29. The summed E-state index contributed by atoms with van der Waals surface area (Å²) in [5.41, 5.74) is 1.24. The summed E-state index contributed by atoms with van der Waals surface area (Å²) >= 11 is 0. The van der Waals surface area contributed by atoms with Crippen LogP contribution in [0.2, 0.25) is 0 Å². The molecule has 1 heterocycles. The van der Waals surface area contributed by atoms with Crippen molar-refractivity contribution >= 4 is 5.57 Å². The highest BCUT2D eigenvalue weighted by Gasteiger charge is 2.02. The minimum Gasteiger partial charge on any atom is -0.618 e. The molecule has 0 atom stereocenters. The van der Waals surface area contributed by atoms with Crippen LogP contribution in [0.15, 0.2) is 25.2 Å². The molecule has 0 fully saturated rings. The molecule has 0 unspecified atom stereocenters. The molecule has 0 aliphatic rings. The number of aromatic nitrogens is 2. The largest absolute Gasteiger partial charge is 0.618 e. The predicted molar refractivity (Wildman–Crippen MR) is 37.9 cm³/mol. The molecule has 52 valence electrons.